The van der Waals surface area contributed by atoms with Gasteiger partial charge < -0.3 is 4.74 Å². The van der Waals surface area contributed by atoms with E-state index in [0.29, 0.717) is 10.8 Å². The van der Waals surface area contributed by atoms with Crippen molar-refractivity contribution in [2.45, 2.75) is 13.0 Å². The van der Waals surface area contributed by atoms with Gasteiger partial charge in [-0.25, -0.2) is 9.82 Å². The quantitative estimate of drug-likeness (QED) is 0.671. The Labute approximate surface area is 122 Å². The molecule has 0 aliphatic carbocycles. The van der Waals surface area contributed by atoms with Gasteiger partial charge in [-0.3, -0.25) is 5.84 Å². The molecule has 5 heteroatoms. The molecule has 0 bridgehead atoms. The molecule has 0 aliphatic heterocycles. The summed E-state index contributed by atoms with van der Waals surface area (Å²) in [5.74, 6) is 6.03. The molecule has 3 N–H and O–H groups in total. The number of nitrogens with one attached hydrogen (secondary N) is 1. The smallest absolute Gasteiger partial charge is 0.125 e. The Hall–Kier alpha value is -1.62. The molecule has 0 fully saturated rings. The second-order valence-electron chi connectivity index (χ2n) is 4.49. The van der Waals surface area contributed by atoms with Crippen molar-refractivity contribution in [1.29, 1.82) is 0 Å². The molecular formula is C15H16ClFN2O. The van der Waals surface area contributed by atoms with Crippen LogP contribution in [0, 0.1) is 12.7 Å². The highest BCUT2D eigenvalue weighted by Gasteiger charge is 2.19. The van der Waals surface area contributed by atoms with Crippen LogP contribution in [0.2, 0.25) is 5.02 Å². The van der Waals surface area contributed by atoms with Gasteiger partial charge in [0.15, 0.2) is 0 Å². The second-order valence-corrected chi connectivity index (χ2v) is 4.92. The molecule has 2 aromatic carbocycles. The highest BCUT2D eigenvalue weighted by atomic mass is 35.5. The summed E-state index contributed by atoms with van der Waals surface area (Å²) in [5.41, 5.74) is 5.28. The Morgan fingerprint density at radius 2 is 1.90 bits per heavy atom. The zero-order chi connectivity index (χ0) is 14.7. The Morgan fingerprint density at radius 1 is 1.20 bits per heavy atom. The van der Waals surface area contributed by atoms with Crippen molar-refractivity contribution in [1.82, 2.24) is 5.43 Å². The number of ether oxygens (including phenoxy) is 1. The highest BCUT2D eigenvalue weighted by Crippen LogP contribution is 2.33. The average Bonchev–Trinajstić information content (AvgIpc) is 2.43. The van der Waals surface area contributed by atoms with Crippen molar-refractivity contribution >= 4 is 11.6 Å². The Balaban J connectivity index is 2.52. The van der Waals surface area contributed by atoms with Crippen LogP contribution in [-0.4, -0.2) is 7.11 Å². The zero-order valence-corrected chi connectivity index (χ0v) is 12.0. The fraction of sp³-hybridized carbons (Fsp3) is 0.200. The molecule has 0 spiro atoms. The van der Waals surface area contributed by atoms with E-state index in [1.54, 1.807) is 25.3 Å². The van der Waals surface area contributed by atoms with Crippen molar-refractivity contribution < 1.29 is 9.13 Å². The number of aryl methyl sites for hydroxylation is 1. The first-order chi connectivity index (χ1) is 9.56. The zero-order valence-electron chi connectivity index (χ0n) is 11.3. The lowest BCUT2D eigenvalue weighted by atomic mass is 9.95. The fourth-order valence-electron chi connectivity index (χ4n) is 2.23. The van der Waals surface area contributed by atoms with Gasteiger partial charge in [0.25, 0.3) is 0 Å². The molecule has 0 radical (unpaired) electrons. The Bertz CT molecular complexity index is 619. The van der Waals surface area contributed by atoms with Gasteiger partial charge in [0.2, 0.25) is 0 Å². The summed E-state index contributed by atoms with van der Waals surface area (Å²) in [5, 5.41) is 0.581. The third-order valence-corrected chi connectivity index (χ3v) is 3.45. The number of hydrazine groups is 1. The first-order valence-corrected chi connectivity index (χ1v) is 6.50. The average molecular weight is 295 g/mol. The summed E-state index contributed by atoms with van der Waals surface area (Å²) in [6.45, 7) is 1.84. The van der Waals surface area contributed by atoms with Gasteiger partial charge >= 0.3 is 0 Å². The maximum absolute atomic E-state index is 13.2. The normalized spacial score (nSPS) is 12.2. The monoisotopic (exact) mass is 294 g/mol. The van der Waals surface area contributed by atoms with Crippen LogP contribution in [-0.2, 0) is 0 Å². The van der Waals surface area contributed by atoms with E-state index in [-0.39, 0.29) is 11.9 Å². The van der Waals surface area contributed by atoms with Gasteiger partial charge in [-0.05, 0) is 42.3 Å². The van der Waals surface area contributed by atoms with Crippen LogP contribution >= 0.6 is 11.6 Å². The number of rotatable bonds is 4. The SMILES string of the molecule is COc1cc(Cl)ccc1C(NN)c1ccc(F)cc1C. The van der Waals surface area contributed by atoms with Crippen LogP contribution in [0.1, 0.15) is 22.7 Å². The standard InChI is InChI=1S/C15H16ClFN2O/c1-9-7-11(17)4-6-12(9)15(19-18)13-5-3-10(16)8-14(13)20-2/h3-8,15,19H,18H2,1-2H3. The molecule has 1 atom stereocenters. The molecule has 1 unspecified atom stereocenters. The first-order valence-electron chi connectivity index (χ1n) is 6.12. The van der Waals surface area contributed by atoms with Gasteiger partial charge in [0.1, 0.15) is 11.6 Å². The molecule has 2 aromatic rings. The minimum atomic E-state index is -0.303. The number of halogens is 2. The molecule has 20 heavy (non-hydrogen) atoms. The van der Waals surface area contributed by atoms with Crippen LogP contribution in [0.15, 0.2) is 36.4 Å². The number of methoxy groups -OCH3 is 1. The fourth-order valence-corrected chi connectivity index (χ4v) is 2.40. The maximum Gasteiger partial charge on any atom is 0.125 e. The van der Waals surface area contributed by atoms with Crippen molar-refractivity contribution in [3.8, 4) is 5.75 Å². The predicted molar refractivity (Wildman–Crippen MR) is 78.3 cm³/mol. The van der Waals surface area contributed by atoms with Crippen LogP contribution in [0.5, 0.6) is 5.75 Å². The van der Waals surface area contributed by atoms with Crippen molar-refractivity contribution in [2.24, 2.45) is 5.84 Å². The molecule has 0 heterocycles. The third kappa shape index (κ3) is 2.93. The molecule has 3 nitrogen and oxygen atoms in total. The largest absolute Gasteiger partial charge is 0.496 e. The highest BCUT2D eigenvalue weighted by molar-refractivity contribution is 6.30. The number of hydrogen-bond donors (Lipinski definition) is 2. The number of benzene rings is 2. The summed E-state index contributed by atoms with van der Waals surface area (Å²) < 4.78 is 18.6. The van der Waals surface area contributed by atoms with Gasteiger partial charge in [0, 0.05) is 10.6 Å². The van der Waals surface area contributed by atoms with Gasteiger partial charge in [-0.2, -0.15) is 0 Å². The molecule has 0 aromatic heterocycles. The minimum Gasteiger partial charge on any atom is -0.496 e. The van der Waals surface area contributed by atoms with Crippen LogP contribution in [0.4, 0.5) is 4.39 Å². The summed E-state index contributed by atoms with van der Waals surface area (Å²) in [6.07, 6.45) is 0. The van der Waals surface area contributed by atoms with E-state index in [1.807, 2.05) is 13.0 Å². The second kappa shape index (κ2) is 6.22. The lowest BCUT2D eigenvalue weighted by Crippen LogP contribution is -2.29. The Morgan fingerprint density at radius 3 is 2.50 bits per heavy atom. The minimum absolute atomic E-state index is 0.273. The summed E-state index contributed by atoms with van der Waals surface area (Å²) in [7, 11) is 1.57. The molecule has 0 amide bonds. The van der Waals surface area contributed by atoms with Gasteiger partial charge in [-0.15, -0.1) is 0 Å². The molecule has 0 aliphatic rings. The predicted octanol–water partition coefficient (Wildman–Crippen LogP) is 3.35. The first kappa shape index (κ1) is 14.8. The van der Waals surface area contributed by atoms with E-state index in [4.69, 9.17) is 22.2 Å². The summed E-state index contributed by atoms with van der Waals surface area (Å²) in [4.78, 5) is 0. The van der Waals surface area contributed by atoms with Crippen molar-refractivity contribution in [3.63, 3.8) is 0 Å². The molecular weight excluding hydrogens is 279 g/mol. The third-order valence-electron chi connectivity index (χ3n) is 3.22. The summed E-state index contributed by atoms with van der Waals surface area (Å²) >= 11 is 5.96. The molecule has 0 saturated heterocycles. The van der Waals surface area contributed by atoms with Crippen LogP contribution < -0.4 is 16.0 Å². The topological polar surface area (TPSA) is 47.3 Å². The van der Waals surface area contributed by atoms with E-state index >= 15 is 0 Å². The van der Waals surface area contributed by atoms with Crippen LogP contribution in [0.3, 0.4) is 0 Å². The van der Waals surface area contributed by atoms with Gasteiger partial charge in [0.05, 0.1) is 13.2 Å². The van der Waals surface area contributed by atoms with E-state index in [9.17, 15) is 4.39 Å². The molecule has 106 valence electrons. The lowest BCUT2D eigenvalue weighted by Gasteiger charge is -2.21. The van der Waals surface area contributed by atoms with E-state index in [1.165, 1.54) is 12.1 Å². The maximum atomic E-state index is 13.2. The van der Waals surface area contributed by atoms with Crippen molar-refractivity contribution in [3.05, 3.63) is 63.9 Å². The van der Waals surface area contributed by atoms with Crippen LogP contribution in [0.25, 0.3) is 0 Å². The van der Waals surface area contributed by atoms with E-state index in [2.05, 4.69) is 5.43 Å². The van der Waals surface area contributed by atoms with E-state index in [0.717, 1.165) is 16.7 Å². The lowest BCUT2D eigenvalue weighted by molar-refractivity contribution is 0.404. The molecule has 0 saturated carbocycles. The van der Waals surface area contributed by atoms with Crippen molar-refractivity contribution in [2.75, 3.05) is 7.11 Å². The molecule has 2 rings (SSSR count). The summed E-state index contributed by atoms with van der Waals surface area (Å²) in [6, 6.07) is 9.63. The number of nitrogens with two attached hydrogens (primary N) is 1. The number of hydrogen-bond acceptors (Lipinski definition) is 3. The van der Waals surface area contributed by atoms with Gasteiger partial charge in [-0.1, -0.05) is 23.7 Å². The Kier molecular flexibility index (Phi) is 4.60. The van der Waals surface area contributed by atoms with E-state index < -0.39 is 0 Å².